The Morgan fingerprint density at radius 1 is 1.50 bits per heavy atom. The molecular weight excluding hydrogens is 340 g/mol. The molecule has 24 heavy (non-hydrogen) atoms. The zero-order valence-electron chi connectivity index (χ0n) is 14.4. The molecule has 1 atom stereocenters. The number of carbonyl (C=O) groups excluding carboxylic acids is 1. The number of ketones is 1. The third kappa shape index (κ3) is 3.92. The van der Waals surface area contributed by atoms with E-state index in [4.69, 9.17) is 4.74 Å². The smallest absolute Gasteiger partial charge is 0.158 e. The van der Waals surface area contributed by atoms with E-state index in [1.807, 2.05) is 32.2 Å². The van der Waals surface area contributed by atoms with Gasteiger partial charge >= 0.3 is 0 Å². The fraction of sp³-hybridized carbons (Fsp3) is 0.444. The van der Waals surface area contributed by atoms with Crippen LogP contribution in [0.4, 0.5) is 0 Å². The van der Waals surface area contributed by atoms with Gasteiger partial charge in [0.1, 0.15) is 0 Å². The largest absolute Gasteiger partial charge is 0.381 e. The second kappa shape index (κ2) is 8.52. The Morgan fingerprint density at radius 3 is 2.79 bits per heavy atom. The van der Waals surface area contributed by atoms with Crippen molar-refractivity contribution < 1.29 is 9.53 Å². The second-order valence-electron chi connectivity index (χ2n) is 5.52. The number of nitriles is 1. The van der Waals surface area contributed by atoms with E-state index in [1.165, 1.54) is 0 Å². The van der Waals surface area contributed by atoms with Crippen molar-refractivity contribution in [2.75, 3.05) is 19.0 Å². The molecule has 128 valence electrons. The molecule has 4 nitrogen and oxygen atoms in total. The lowest BCUT2D eigenvalue weighted by Gasteiger charge is -2.29. The number of Topliss-reactive ketones (excluding diaryl/α,β-unsaturated/α-hetero) is 1. The number of thioether (sulfide) groups is 1. The first-order valence-corrected chi connectivity index (χ1v) is 9.75. The van der Waals surface area contributed by atoms with E-state index in [0.29, 0.717) is 24.4 Å². The summed E-state index contributed by atoms with van der Waals surface area (Å²) in [4.78, 5) is 13.3. The molecule has 2 heterocycles. The van der Waals surface area contributed by atoms with Gasteiger partial charge in [-0.2, -0.15) is 5.26 Å². The Morgan fingerprint density at radius 2 is 2.25 bits per heavy atom. The van der Waals surface area contributed by atoms with Crippen LogP contribution in [0.5, 0.6) is 0 Å². The summed E-state index contributed by atoms with van der Waals surface area (Å²) >= 11 is 3.17. The summed E-state index contributed by atoms with van der Waals surface area (Å²) in [5.74, 6) is 0.493. The third-order valence-corrected chi connectivity index (χ3v) is 5.93. The highest BCUT2D eigenvalue weighted by Gasteiger charge is 2.34. The van der Waals surface area contributed by atoms with Crippen LogP contribution in [0.1, 0.15) is 37.1 Å². The van der Waals surface area contributed by atoms with Gasteiger partial charge in [0.25, 0.3) is 0 Å². The van der Waals surface area contributed by atoms with Crippen LogP contribution in [0.15, 0.2) is 33.3 Å². The van der Waals surface area contributed by atoms with Crippen LogP contribution in [0.25, 0.3) is 0 Å². The Kier molecular flexibility index (Phi) is 6.67. The van der Waals surface area contributed by atoms with Gasteiger partial charge in [-0.05, 0) is 44.7 Å². The number of thiophene rings is 1. The molecule has 0 spiro atoms. The van der Waals surface area contributed by atoms with E-state index in [0.717, 1.165) is 26.9 Å². The van der Waals surface area contributed by atoms with Gasteiger partial charge < -0.3 is 10.1 Å². The fourth-order valence-electron chi connectivity index (χ4n) is 2.78. The molecule has 6 heteroatoms. The van der Waals surface area contributed by atoms with Crippen LogP contribution < -0.4 is 5.32 Å². The maximum absolute atomic E-state index is 12.2. The van der Waals surface area contributed by atoms with Gasteiger partial charge in [-0.3, -0.25) is 4.79 Å². The van der Waals surface area contributed by atoms with Crippen LogP contribution in [-0.2, 0) is 9.53 Å². The molecule has 0 aliphatic carbocycles. The molecule has 0 fully saturated rings. The molecule has 0 aromatic carbocycles. The van der Waals surface area contributed by atoms with Crippen molar-refractivity contribution in [3.63, 3.8) is 0 Å². The van der Waals surface area contributed by atoms with Crippen molar-refractivity contribution in [3.8, 4) is 6.07 Å². The van der Waals surface area contributed by atoms with Crippen molar-refractivity contribution in [1.82, 2.24) is 5.32 Å². The van der Waals surface area contributed by atoms with Crippen LogP contribution in [-0.4, -0.2) is 24.7 Å². The van der Waals surface area contributed by atoms with Gasteiger partial charge in [0.05, 0.1) is 29.2 Å². The zero-order chi connectivity index (χ0) is 17.7. The highest BCUT2D eigenvalue weighted by Crippen LogP contribution is 2.43. The first-order chi connectivity index (χ1) is 11.5. The number of carbonyl (C=O) groups is 1. The van der Waals surface area contributed by atoms with Gasteiger partial charge in [0.15, 0.2) is 5.78 Å². The van der Waals surface area contributed by atoms with Crippen molar-refractivity contribution in [3.05, 3.63) is 43.8 Å². The van der Waals surface area contributed by atoms with E-state index in [2.05, 4.69) is 11.4 Å². The molecule has 1 aliphatic rings. The van der Waals surface area contributed by atoms with Gasteiger partial charge in [-0.25, -0.2) is 0 Å². The molecule has 0 bridgehead atoms. The van der Waals surface area contributed by atoms with E-state index in [9.17, 15) is 10.1 Å². The Labute approximate surface area is 151 Å². The number of nitrogens with zero attached hydrogens (tertiary/aromatic N) is 1. The van der Waals surface area contributed by atoms with Gasteiger partial charge in [-0.1, -0.05) is 0 Å². The van der Waals surface area contributed by atoms with E-state index < -0.39 is 0 Å². The summed E-state index contributed by atoms with van der Waals surface area (Å²) in [5.41, 5.74) is 3.26. The molecule has 0 amide bonds. The minimum absolute atomic E-state index is 0.00363. The normalized spacial score (nSPS) is 17.7. The van der Waals surface area contributed by atoms with Crippen molar-refractivity contribution >= 4 is 28.9 Å². The Balaban J connectivity index is 2.43. The highest BCUT2D eigenvalue weighted by molar-refractivity contribution is 8.03. The van der Waals surface area contributed by atoms with E-state index >= 15 is 0 Å². The van der Waals surface area contributed by atoms with Gasteiger partial charge in [0.2, 0.25) is 0 Å². The summed E-state index contributed by atoms with van der Waals surface area (Å²) in [6, 6.07) is 4.38. The lowest BCUT2D eigenvalue weighted by Crippen LogP contribution is -2.27. The molecule has 0 radical (unpaired) electrons. The van der Waals surface area contributed by atoms with Crippen LogP contribution in [0.3, 0.4) is 0 Å². The molecule has 0 saturated heterocycles. The highest BCUT2D eigenvalue weighted by atomic mass is 32.2. The molecule has 1 N–H and O–H groups in total. The van der Waals surface area contributed by atoms with Crippen molar-refractivity contribution in [2.45, 2.75) is 33.6 Å². The SMILES string of the molecule is CCOCCSC1=C(C#N)C(c2sccc2C)C(C(C)=O)=C(C)N1. The van der Waals surface area contributed by atoms with E-state index in [1.54, 1.807) is 30.0 Å². The fourth-order valence-corrected chi connectivity index (χ4v) is 4.78. The number of rotatable bonds is 7. The molecule has 1 aromatic heterocycles. The maximum atomic E-state index is 12.2. The summed E-state index contributed by atoms with van der Waals surface area (Å²) < 4.78 is 5.38. The Bertz CT molecular complexity index is 726. The van der Waals surface area contributed by atoms with Crippen LogP contribution in [0, 0.1) is 18.3 Å². The minimum atomic E-state index is -0.275. The zero-order valence-corrected chi connectivity index (χ0v) is 16.1. The lowest BCUT2D eigenvalue weighted by atomic mass is 9.84. The molecule has 2 rings (SSSR count). The maximum Gasteiger partial charge on any atom is 0.158 e. The molecule has 0 saturated carbocycles. The quantitative estimate of drug-likeness (QED) is 0.740. The standard InChI is InChI=1S/C18H22N2O2S2/c1-5-22-7-9-24-18-14(10-19)16(17-11(2)6-8-23-17)15(13(4)21)12(3)20-18/h6,8,16,20H,5,7,9H2,1-4H3. The number of allylic oxidation sites excluding steroid dienone is 3. The molecule has 1 aromatic rings. The number of dihydropyridines is 1. The van der Waals surface area contributed by atoms with Gasteiger partial charge in [-0.15, -0.1) is 23.1 Å². The van der Waals surface area contributed by atoms with Crippen molar-refractivity contribution in [2.24, 2.45) is 0 Å². The topological polar surface area (TPSA) is 62.1 Å². The average molecular weight is 363 g/mol. The first-order valence-electron chi connectivity index (χ1n) is 7.88. The average Bonchev–Trinajstić information content (AvgIpc) is 2.96. The monoisotopic (exact) mass is 362 g/mol. The summed E-state index contributed by atoms with van der Waals surface area (Å²) in [6.45, 7) is 8.78. The first kappa shape index (κ1) is 18.8. The Hall–Kier alpha value is -1.55. The number of hydrogen-bond donors (Lipinski definition) is 1. The summed E-state index contributed by atoms with van der Waals surface area (Å²) in [7, 11) is 0. The number of ether oxygens (including phenoxy) is 1. The number of nitrogens with one attached hydrogen (secondary N) is 1. The minimum Gasteiger partial charge on any atom is -0.381 e. The summed E-state index contributed by atoms with van der Waals surface area (Å²) in [6.07, 6.45) is 0. The van der Waals surface area contributed by atoms with Crippen LogP contribution >= 0.6 is 23.1 Å². The molecule has 1 aliphatic heterocycles. The molecular formula is C18H22N2O2S2. The van der Waals surface area contributed by atoms with Gasteiger partial charge in [0, 0.05) is 28.5 Å². The number of hydrogen-bond acceptors (Lipinski definition) is 6. The third-order valence-electron chi connectivity index (χ3n) is 3.87. The van der Waals surface area contributed by atoms with Crippen molar-refractivity contribution in [1.29, 1.82) is 5.26 Å². The summed E-state index contributed by atoms with van der Waals surface area (Å²) in [5, 5.41) is 15.9. The lowest BCUT2D eigenvalue weighted by molar-refractivity contribution is -0.113. The molecule has 1 unspecified atom stereocenters. The van der Waals surface area contributed by atoms with Crippen LogP contribution in [0.2, 0.25) is 0 Å². The number of aryl methyl sites for hydroxylation is 1. The second-order valence-corrected chi connectivity index (χ2v) is 7.57. The predicted octanol–water partition coefficient (Wildman–Crippen LogP) is 4.11. The predicted molar refractivity (Wildman–Crippen MR) is 99.9 cm³/mol. The van der Waals surface area contributed by atoms with E-state index in [-0.39, 0.29) is 11.7 Å².